The normalized spacial score (nSPS) is 12.7. The SMILES string of the molecule is Cc1nc(C(F)(F)F)nn1Cc1ncc(C(F)(F)F)cc1Cl. The van der Waals surface area contributed by atoms with Crippen LogP contribution in [0, 0.1) is 6.92 Å². The van der Waals surface area contributed by atoms with E-state index in [1.807, 2.05) is 0 Å². The maximum atomic E-state index is 12.5. The third kappa shape index (κ3) is 3.49. The second kappa shape index (κ2) is 5.41. The van der Waals surface area contributed by atoms with Crippen LogP contribution in [0.15, 0.2) is 12.3 Å². The molecule has 0 atom stereocenters. The summed E-state index contributed by atoms with van der Waals surface area (Å²) in [7, 11) is 0. The van der Waals surface area contributed by atoms with Crippen LogP contribution in [0.4, 0.5) is 26.3 Å². The molecular formula is C11H7ClF6N4. The Morgan fingerprint density at radius 3 is 2.23 bits per heavy atom. The fourth-order valence-electron chi connectivity index (χ4n) is 1.57. The molecule has 0 N–H and O–H groups in total. The van der Waals surface area contributed by atoms with Gasteiger partial charge in [0.25, 0.3) is 5.82 Å². The quantitative estimate of drug-likeness (QED) is 0.780. The van der Waals surface area contributed by atoms with Crippen LogP contribution in [-0.2, 0) is 18.9 Å². The first-order valence-corrected chi connectivity index (χ1v) is 6.06. The van der Waals surface area contributed by atoms with Gasteiger partial charge in [0.1, 0.15) is 5.82 Å². The van der Waals surface area contributed by atoms with Crippen molar-refractivity contribution in [1.29, 1.82) is 0 Å². The summed E-state index contributed by atoms with van der Waals surface area (Å²) in [6.45, 7) is 0.951. The van der Waals surface area contributed by atoms with E-state index < -0.39 is 23.7 Å². The summed E-state index contributed by atoms with van der Waals surface area (Å²) in [6.07, 6.45) is -8.77. The van der Waals surface area contributed by atoms with Gasteiger partial charge in [-0.2, -0.15) is 26.3 Å². The first-order chi connectivity index (χ1) is 9.98. The molecule has 0 amide bonds. The molecule has 0 aliphatic rings. The number of hydrogen-bond donors (Lipinski definition) is 0. The molecule has 4 nitrogen and oxygen atoms in total. The highest BCUT2D eigenvalue weighted by Crippen LogP contribution is 2.31. The van der Waals surface area contributed by atoms with Crippen LogP contribution in [0.1, 0.15) is 22.9 Å². The third-order valence-corrected chi connectivity index (χ3v) is 2.98. The van der Waals surface area contributed by atoms with Crippen molar-refractivity contribution >= 4 is 11.6 Å². The molecule has 0 aliphatic heterocycles. The average molecular weight is 345 g/mol. The lowest BCUT2D eigenvalue weighted by Crippen LogP contribution is -2.11. The van der Waals surface area contributed by atoms with Crippen molar-refractivity contribution < 1.29 is 26.3 Å². The van der Waals surface area contributed by atoms with Crippen molar-refractivity contribution in [2.24, 2.45) is 0 Å². The van der Waals surface area contributed by atoms with Crippen molar-refractivity contribution in [3.63, 3.8) is 0 Å². The van der Waals surface area contributed by atoms with Gasteiger partial charge in [-0.05, 0) is 13.0 Å². The summed E-state index contributed by atoms with van der Waals surface area (Å²) in [5, 5.41) is 2.93. The van der Waals surface area contributed by atoms with E-state index in [4.69, 9.17) is 11.6 Å². The maximum Gasteiger partial charge on any atom is 0.453 e. The Morgan fingerprint density at radius 2 is 1.77 bits per heavy atom. The van der Waals surface area contributed by atoms with Crippen molar-refractivity contribution in [2.75, 3.05) is 0 Å². The number of aryl methyl sites for hydroxylation is 1. The average Bonchev–Trinajstić information content (AvgIpc) is 2.72. The van der Waals surface area contributed by atoms with E-state index in [-0.39, 0.29) is 23.1 Å². The molecule has 0 unspecified atom stereocenters. The van der Waals surface area contributed by atoms with Gasteiger partial charge in [0.15, 0.2) is 0 Å². The standard InChI is InChI=1S/C11H7ClF6N4/c1-5-20-9(11(16,17)18)21-22(5)4-8-7(12)2-6(3-19-8)10(13,14)15/h2-3H,4H2,1H3. The lowest BCUT2D eigenvalue weighted by molar-refractivity contribution is -0.145. The minimum atomic E-state index is -4.71. The van der Waals surface area contributed by atoms with E-state index in [1.54, 1.807) is 0 Å². The number of aromatic nitrogens is 4. The number of hydrogen-bond acceptors (Lipinski definition) is 3. The molecule has 2 heterocycles. The number of nitrogens with zero attached hydrogens (tertiary/aromatic N) is 4. The second-order valence-electron chi connectivity index (χ2n) is 4.29. The lowest BCUT2D eigenvalue weighted by atomic mass is 10.2. The first-order valence-electron chi connectivity index (χ1n) is 5.68. The fourth-order valence-corrected chi connectivity index (χ4v) is 1.80. The largest absolute Gasteiger partial charge is 0.453 e. The van der Waals surface area contributed by atoms with Crippen LogP contribution in [0.25, 0.3) is 0 Å². The zero-order chi connectivity index (χ0) is 16.7. The van der Waals surface area contributed by atoms with Crippen LogP contribution in [-0.4, -0.2) is 19.7 Å². The molecule has 11 heteroatoms. The summed E-state index contributed by atoms with van der Waals surface area (Å²) in [6, 6.07) is 0.654. The smallest absolute Gasteiger partial charge is 0.257 e. The summed E-state index contributed by atoms with van der Waals surface area (Å²) in [5.41, 5.74) is -1.09. The van der Waals surface area contributed by atoms with Gasteiger partial charge in [-0.1, -0.05) is 11.6 Å². The monoisotopic (exact) mass is 344 g/mol. The third-order valence-electron chi connectivity index (χ3n) is 2.65. The van der Waals surface area contributed by atoms with E-state index in [2.05, 4.69) is 15.1 Å². The molecule has 2 aromatic heterocycles. The Bertz CT molecular complexity index is 691. The van der Waals surface area contributed by atoms with Crippen LogP contribution >= 0.6 is 11.6 Å². The highest BCUT2D eigenvalue weighted by atomic mass is 35.5. The molecule has 0 saturated heterocycles. The molecule has 0 fully saturated rings. The van der Waals surface area contributed by atoms with Crippen LogP contribution in [0.3, 0.4) is 0 Å². The molecule has 0 spiro atoms. The van der Waals surface area contributed by atoms with Gasteiger partial charge in [0.2, 0.25) is 0 Å². The highest BCUT2D eigenvalue weighted by molar-refractivity contribution is 6.31. The minimum absolute atomic E-state index is 0.0450. The summed E-state index contributed by atoms with van der Waals surface area (Å²) < 4.78 is 75.7. The van der Waals surface area contributed by atoms with Crippen molar-refractivity contribution in [3.05, 3.63) is 40.2 Å². The van der Waals surface area contributed by atoms with Crippen LogP contribution < -0.4 is 0 Å². The van der Waals surface area contributed by atoms with E-state index in [9.17, 15) is 26.3 Å². The number of rotatable bonds is 2. The molecule has 0 saturated carbocycles. The van der Waals surface area contributed by atoms with Gasteiger partial charge in [-0.25, -0.2) is 9.67 Å². The summed E-state index contributed by atoms with van der Waals surface area (Å²) >= 11 is 5.69. The molecule has 0 bridgehead atoms. The Kier molecular flexibility index (Phi) is 4.07. The van der Waals surface area contributed by atoms with E-state index in [1.165, 1.54) is 6.92 Å². The zero-order valence-electron chi connectivity index (χ0n) is 10.8. The molecule has 2 aromatic rings. The molecule has 0 radical (unpaired) electrons. The van der Waals surface area contributed by atoms with Gasteiger partial charge in [-0.3, -0.25) is 4.98 Å². The van der Waals surface area contributed by atoms with Crippen LogP contribution in [0.2, 0.25) is 5.02 Å². The summed E-state index contributed by atoms with van der Waals surface area (Å²) in [4.78, 5) is 6.77. The number of pyridine rings is 1. The predicted octanol–water partition coefficient (Wildman–Crippen LogP) is 3.72. The molecule has 22 heavy (non-hydrogen) atoms. The second-order valence-corrected chi connectivity index (χ2v) is 4.70. The maximum absolute atomic E-state index is 12.5. The van der Waals surface area contributed by atoms with Crippen molar-refractivity contribution in [2.45, 2.75) is 25.8 Å². The highest BCUT2D eigenvalue weighted by Gasteiger charge is 2.37. The Hall–Kier alpha value is -1.84. The lowest BCUT2D eigenvalue weighted by Gasteiger charge is -2.09. The summed E-state index contributed by atoms with van der Waals surface area (Å²) in [5.74, 6) is -1.40. The Labute approximate surface area is 124 Å². The van der Waals surface area contributed by atoms with Gasteiger partial charge in [0.05, 0.1) is 22.8 Å². The van der Waals surface area contributed by atoms with Crippen molar-refractivity contribution in [1.82, 2.24) is 19.7 Å². The first kappa shape index (κ1) is 16.5. The molecule has 0 aliphatic carbocycles. The van der Waals surface area contributed by atoms with Gasteiger partial charge >= 0.3 is 12.4 Å². The van der Waals surface area contributed by atoms with E-state index in [0.717, 1.165) is 4.68 Å². The predicted molar refractivity (Wildman–Crippen MR) is 63.1 cm³/mol. The van der Waals surface area contributed by atoms with Crippen LogP contribution in [0.5, 0.6) is 0 Å². The molecular weight excluding hydrogens is 338 g/mol. The fraction of sp³-hybridized carbons (Fsp3) is 0.364. The molecule has 120 valence electrons. The minimum Gasteiger partial charge on any atom is -0.257 e. The Morgan fingerprint density at radius 1 is 1.14 bits per heavy atom. The van der Waals surface area contributed by atoms with E-state index >= 15 is 0 Å². The zero-order valence-corrected chi connectivity index (χ0v) is 11.6. The van der Waals surface area contributed by atoms with Gasteiger partial charge in [-0.15, -0.1) is 5.10 Å². The molecule has 0 aromatic carbocycles. The van der Waals surface area contributed by atoms with Crippen molar-refractivity contribution in [3.8, 4) is 0 Å². The van der Waals surface area contributed by atoms with Gasteiger partial charge in [0, 0.05) is 6.20 Å². The Balaban J connectivity index is 2.30. The van der Waals surface area contributed by atoms with Gasteiger partial charge < -0.3 is 0 Å². The molecule has 2 rings (SSSR count). The van der Waals surface area contributed by atoms with E-state index in [0.29, 0.717) is 12.3 Å². The topological polar surface area (TPSA) is 43.6 Å². The number of halogens is 7. The number of alkyl halides is 6.